The molecule has 122 valence electrons. The van der Waals surface area contributed by atoms with Gasteiger partial charge in [0.15, 0.2) is 5.60 Å². The zero-order valence-corrected chi connectivity index (χ0v) is 11.7. The molecule has 3 N–H and O–H groups in total. The third-order valence-electron chi connectivity index (χ3n) is 2.82. The van der Waals surface area contributed by atoms with Crippen LogP contribution in [0.15, 0.2) is 0 Å². The normalized spacial score (nSPS) is 13.4. The zero-order chi connectivity index (χ0) is 16.3. The van der Waals surface area contributed by atoms with Crippen LogP contribution in [0, 0.1) is 0 Å². The van der Waals surface area contributed by atoms with Crippen LogP contribution in [0.4, 0.5) is 4.39 Å². The molecule has 8 heteroatoms. The Morgan fingerprint density at radius 3 is 2.05 bits per heavy atom. The highest BCUT2D eigenvalue weighted by atomic mass is 19.1. The smallest absolute Gasteiger partial charge is 0.336 e. The molecular formula is C13H21FO7. The first-order valence-corrected chi connectivity index (χ1v) is 6.71. The Kier molecular flexibility index (Phi) is 9.27. The molecule has 0 aliphatic heterocycles. The Hall–Kier alpha value is -1.70. The van der Waals surface area contributed by atoms with Gasteiger partial charge in [-0.1, -0.05) is 19.3 Å². The second-order valence-corrected chi connectivity index (χ2v) is 4.76. The van der Waals surface area contributed by atoms with Crippen molar-refractivity contribution >= 4 is 17.9 Å². The Morgan fingerprint density at radius 1 is 0.952 bits per heavy atom. The van der Waals surface area contributed by atoms with E-state index in [4.69, 9.17) is 14.9 Å². The van der Waals surface area contributed by atoms with Crippen molar-refractivity contribution in [1.82, 2.24) is 0 Å². The van der Waals surface area contributed by atoms with Gasteiger partial charge in [0.2, 0.25) is 0 Å². The molecule has 0 bridgehead atoms. The van der Waals surface area contributed by atoms with Crippen LogP contribution in [0.25, 0.3) is 0 Å². The minimum Gasteiger partial charge on any atom is -0.481 e. The minimum atomic E-state index is -2.66. The fourth-order valence-corrected chi connectivity index (χ4v) is 1.67. The van der Waals surface area contributed by atoms with Gasteiger partial charge >= 0.3 is 17.9 Å². The molecule has 1 atom stereocenters. The van der Waals surface area contributed by atoms with E-state index in [1.54, 1.807) is 0 Å². The molecule has 0 saturated heterocycles. The largest absolute Gasteiger partial charge is 0.481 e. The van der Waals surface area contributed by atoms with Crippen LogP contribution >= 0.6 is 0 Å². The van der Waals surface area contributed by atoms with E-state index >= 15 is 0 Å². The van der Waals surface area contributed by atoms with Gasteiger partial charge in [-0.25, -0.2) is 4.79 Å². The van der Waals surface area contributed by atoms with Crippen molar-refractivity contribution in [3.8, 4) is 0 Å². The number of rotatable bonds is 12. The summed E-state index contributed by atoms with van der Waals surface area (Å²) in [4.78, 5) is 32.7. The molecule has 1 unspecified atom stereocenters. The van der Waals surface area contributed by atoms with Crippen LogP contribution in [0.1, 0.15) is 44.9 Å². The maximum atomic E-state index is 11.8. The Labute approximate surface area is 121 Å². The first-order valence-electron chi connectivity index (χ1n) is 6.71. The number of halogens is 1. The molecule has 0 heterocycles. The van der Waals surface area contributed by atoms with E-state index in [2.05, 4.69) is 0 Å². The summed E-state index contributed by atoms with van der Waals surface area (Å²) in [7, 11) is 0. The van der Waals surface area contributed by atoms with Crippen LogP contribution in [0.2, 0.25) is 0 Å². The van der Waals surface area contributed by atoms with Crippen molar-refractivity contribution in [3.05, 3.63) is 0 Å². The highest BCUT2D eigenvalue weighted by molar-refractivity contribution is 5.88. The molecule has 0 aliphatic carbocycles. The summed E-state index contributed by atoms with van der Waals surface area (Å²) in [6.07, 6.45) is 1.34. The van der Waals surface area contributed by atoms with Gasteiger partial charge in [-0.15, -0.1) is 0 Å². The first kappa shape index (κ1) is 19.3. The van der Waals surface area contributed by atoms with Crippen LogP contribution in [-0.2, 0) is 19.1 Å². The number of ether oxygens (including phenoxy) is 1. The van der Waals surface area contributed by atoms with Gasteiger partial charge < -0.3 is 20.1 Å². The van der Waals surface area contributed by atoms with Gasteiger partial charge in [0.25, 0.3) is 0 Å². The van der Waals surface area contributed by atoms with E-state index in [-0.39, 0.29) is 13.3 Å². The highest BCUT2D eigenvalue weighted by Crippen LogP contribution is 2.17. The van der Waals surface area contributed by atoms with Crippen LogP contribution < -0.4 is 0 Å². The summed E-state index contributed by atoms with van der Waals surface area (Å²) < 4.78 is 16.6. The zero-order valence-electron chi connectivity index (χ0n) is 11.7. The van der Waals surface area contributed by atoms with Crippen molar-refractivity contribution in [2.45, 2.75) is 50.5 Å². The summed E-state index contributed by atoms with van der Waals surface area (Å²) in [6.45, 7) is -0.302. The lowest BCUT2D eigenvalue weighted by molar-refractivity contribution is -0.172. The summed E-state index contributed by atoms with van der Waals surface area (Å²) >= 11 is 0. The SMILES string of the molecule is O=C(O)CC(O)(CC(=O)OCCCCCCCF)C(=O)O. The maximum absolute atomic E-state index is 11.8. The molecule has 0 saturated carbocycles. The molecular weight excluding hydrogens is 287 g/mol. The number of hydrogen-bond acceptors (Lipinski definition) is 5. The number of carboxylic acid groups (broad SMARTS) is 2. The van der Waals surface area contributed by atoms with Crippen molar-refractivity contribution in [1.29, 1.82) is 0 Å². The van der Waals surface area contributed by atoms with Crippen LogP contribution in [0.5, 0.6) is 0 Å². The maximum Gasteiger partial charge on any atom is 0.336 e. The predicted octanol–water partition coefficient (Wildman–Crippen LogP) is 1.13. The Bertz CT molecular complexity index is 358. The second kappa shape index (κ2) is 10.1. The second-order valence-electron chi connectivity index (χ2n) is 4.76. The third-order valence-corrected chi connectivity index (χ3v) is 2.82. The van der Waals surface area contributed by atoms with Gasteiger partial charge in [-0.05, 0) is 12.8 Å². The number of alkyl halides is 1. The molecule has 21 heavy (non-hydrogen) atoms. The molecule has 0 amide bonds. The first-order chi connectivity index (χ1) is 9.81. The van der Waals surface area contributed by atoms with Crippen LogP contribution in [-0.4, -0.2) is 52.1 Å². The molecule has 0 rings (SSSR count). The number of carbonyl (C=O) groups is 3. The van der Waals surface area contributed by atoms with E-state index in [0.29, 0.717) is 12.8 Å². The number of aliphatic carboxylic acids is 2. The molecule has 0 aliphatic rings. The third kappa shape index (κ3) is 8.96. The topological polar surface area (TPSA) is 121 Å². The van der Waals surface area contributed by atoms with E-state index in [9.17, 15) is 23.9 Å². The summed E-state index contributed by atoms with van der Waals surface area (Å²) in [5, 5.41) is 26.9. The van der Waals surface area contributed by atoms with Gasteiger partial charge in [0, 0.05) is 0 Å². The van der Waals surface area contributed by atoms with Crippen molar-refractivity contribution in [2.24, 2.45) is 0 Å². The number of carbonyl (C=O) groups excluding carboxylic acids is 1. The van der Waals surface area contributed by atoms with Gasteiger partial charge in [-0.2, -0.15) is 0 Å². The van der Waals surface area contributed by atoms with E-state index in [1.807, 2.05) is 0 Å². The fourth-order valence-electron chi connectivity index (χ4n) is 1.67. The van der Waals surface area contributed by atoms with Gasteiger partial charge in [0.05, 0.1) is 26.1 Å². The Balaban J connectivity index is 4.00. The molecule has 0 radical (unpaired) electrons. The molecule has 0 aromatic carbocycles. The average Bonchev–Trinajstić information content (AvgIpc) is 2.36. The number of unbranched alkanes of at least 4 members (excludes halogenated alkanes) is 4. The predicted molar refractivity (Wildman–Crippen MR) is 69.5 cm³/mol. The number of aliphatic hydroxyl groups is 1. The highest BCUT2D eigenvalue weighted by Gasteiger charge is 2.41. The number of carboxylic acids is 2. The molecule has 0 spiro atoms. The van der Waals surface area contributed by atoms with Crippen molar-refractivity contribution < 1.29 is 38.8 Å². The molecule has 7 nitrogen and oxygen atoms in total. The summed E-state index contributed by atoms with van der Waals surface area (Å²) in [6, 6.07) is 0. The quantitative estimate of drug-likeness (QED) is 0.365. The monoisotopic (exact) mass is 308 g/mol. The minimum absolute atomic E-state index is 0.0528. The van der Waals surface area contributed by atoms with Crippen molar-refractivity contribution in [2.75, 3.05) is 13.3 Å². The van der Waals surface area contributed by atoms with E-state index < -0.39 is 36.4 Å². The lowest BCUT2D eigenvalue weighted by atomic mass is 9.96. The molecule has 0 fully saturated rings. The van der Waals surface area contributed by atoms with Gasteiger partial charge in [-0.3, -0.25) is 14.0 Å². The lowest BCUT2D eigenvalue weighted by Crippen LogP contribution is -2.43. The molecule has 0 aromatic heterocycles. The van der Waals surface area contributed by atoms with E-state index in [1.165, 1.54) is 0 Å². The average molecular weight is 308 g/mol. The standard InChI is InChI=1S/C13H21FO7/c14-6-4-2-1-3-5-7-21-11(17)9-13(20,12(18)19)8-10(15)16/h20H,1-9H2,(H,15,16)(H,18,19). The van der Waals surface area contributed by atoms with Crippen molar-refractivity contribution in [3.63, 3.8) is 0 Å². The number of hydrogen-bond donors (Lipinski definition) is 3. The number of esters is 1. The lowest BCUT2D eigenvalue weighted by Gasteiger charge is -2.20. The van der Waals surface area contributed by atoms with Crippen LogP contribution in [0.3, 0.4) is 0 Å². The molecule has 0 aromatic rings. The fraction of sp³-hybridized carbons (Fsp3) is 0.769. The summed E-state index contributed by atoms with van der Waals surface area (Å²) in [5.41, 5.74) is -2.66. The van der Waals surface area contributed by atoms with Gasteiger partial charge in [0.1, 0.15) is 0 Å². The van der Waals surface area contributed by atoms with E-state index in [0.717, 1.165) is 19.3 Å². The summed E-state index contributed by atoms with van der Waals surface area (Å²) in [5.74, 6) is -4.28. The Morgan fingerprint density at radius 2 is 1.52 bits per heavy atom.